The van der Waals surface area contributed by atoms with E-state index >= 15 is 0 Å². The van der Waals surface area contributed by atoms with Crippen LogP contribution in [0.2, 0.25) is 0 Å². The predicted octanol–water partition coefficient (Wildman–Crippen LogP) is 2.94. The smallest absolute Gasteiger partial charge is 0.292 e. The summed E-state index contributed by atoms with van der Waals surface area (Å²) in [6.07, 6.45) is 2.05. The van der Waals surface area contributed by atoms with Crippen molar-refractivity contribution in [3.63, 3.8) is 0 Å². The topological polar surface area (TPSA) is 63.4 Å². The molecule has 0 bridgehead atoms. The van der Waals surface area contributed by atoms with Gasteiger partial charge in [0.2, 0.25) is 5.82 Å². The minimum atomic E-state index is -0.0758. The van der Waals surface area contributed by atoms with Crippen molar-refractivity contribution >= 4 is 11.7 Å². The minimum Gasteiger partial charge on any atom is -0.335 e. The fraction of sp³-hybridized carbons (Fsp3) is 0.400. The van der Waals surface area contributed by atoms with Crippen LogP contribution < -0.4 is 0 Å². The molecule has 1 saturated heterocycles. The average molecular weight is 349 g/mol. The third-order valence-corrected chi connectivity index (χ3v) is 5.34. The molecule has 0 aliphatic carbocycles. The second-order valence-electron chi connectivity index (χ2n) is 7.45. The highest BCUT2D eigenvalue weighted by Gasteiger charge is 2.36. The molecule has 3 heterocycles. The largest absolute Gasteiger partial charge is 0.335 e. The van der Waals surface area contributed by atoms with Gasteiger partial charge in [0.05, 0.1) is 0 Å². The van der Waals surface area contributed by atoms with Gasteiger partial charge in [0.15, 0.2) is 0 Å². The first-order valence-corrected chi connectivity index (χ1v) is 9.02. The number of aromatic nitrogens is 4. The quantitative estimate of drug-likeness (QED) is 0.714. The number of amides is 1. The molecule has 0 N–H and O–H groups in total. The number of carbonyl (C=O) groups is 1. The zero-order valence-corrected chi connectivity index (χ0v) is 15.4. The highest BCUT2D eigenvalue weighted by atomic mass is 16.2. The van der Waals surface area contributed by atoms with Crippen molar-refractivity contribution < 1.29 is 4.79 Å². The molecule has 1 aliphatic rings. The van der Waals surface area contributed by atoms with Crippen LogP contribution in [0.15, 0.2) is 36.4 Å². The Morgan fingerprint density at radius 2 is 1.92 bits per heavy atom. The predicted molar refractivity (Wildman–Crippen MR) is 99.2 cm³/mol. The van der Waals surface area contributed by atoms with Gasteiger partial charge in [-0.15, -0.1) is 10.2 Å². The van der Waals surface area contributed by atoms with E-state index in [1.54, 1.807) is 4.40 Å². The van der Waals surface area contributed by atoms with Gasteiger partial charge < -0.3 is 4.90 Å². The van der Waals surface area contributed by atoms with Crippen LogP contribution >= 0.6 is 0 Å². The van der Waals surface area contributed by atoms with E-state index in [4.69, 9.17) is 0 Å². The van der Waals surface area contributed by atoms with Crippen molar-refractivity contribution in [2.24, 2.45) is 0 Å². The molecule has 1 fully saturated rings. The van der Waals surface area contributed by atoms with Crippen LogP contribution in [0, 0.1) is 13.8 Å². The maximum Gasteiger partial charge on any atom is 0.292 e. The lowest BCUT2D eigenvalue weighted by molar-refractivity contribution is 0.0637. The lowest BCUT2D eigenvalue weighted by Gasteiger charge is -2.40. The number of hydrogen-bond donors (Lipinski definition) is 0. The van der Waals surface area contributed by atoms with Gasteiger partial charge in [0, 0.05) is 29.9 Å². The van der Waals surface area contributed by atoms with Crippen LogP contribution in [-0.2, 0) is 5.41 Å². The highest BCUT2D eigenvalue weighted by molar-refractivity contribution is 5.91. The van der Waals surface area contributed by atoms with Crippen LogP contribution in [0.25, 0.3) is 5.78 Å². The van der Waals surface area contributed by atoms with Crippen molar-refractivity contribution in [3.8, 4) is 0 Å². The van der Waals surface area contributed by atoms with E-state index in [0.717, 1.165) is 30.8 Å². The number of hydrogen-bond acceptors (Lipinski definition) is 4. The Morgan fingerprint density at radius 3 is 2.69 bits per heavy atom. The second-order valence-corrected chi connectivity index (χ2v) is 7.45. The molecule has 3 aromatic rings. The molecule has 0 saturated carbocycles. The van der Waals surface area contributed by atoms with Crippen molar-refractivity contribution in [3.05, 3.63) is 59.2 Å². The standard InChI is InChI=1S/C20H23N5O/c1-14-12-15(2)25-17(22-23-19(25)21-14)18(26)24-11-7-10-20(3,13-24)16-8-5-4-6-9-16/h4-6,8-9,12H,7,10-11,13H2,1-3H3. The molecule has 26 heavy (non-hydrogen) atoms. The molecular weight excluding hydrogens is 326 g/mol. The third kappa shape index (κ3) is 2.75. The summed E-state index contributed by atoms with van der Waals surface area (Å²) in [6.45, 7) is 7.53. The van der Waals surface area contributed by atoms with Crippen LogP contribution in [-0.4, -0.2) is 43.5 Å². The Kier molecular flexibility index (Phi) is 3.98. The Bertz CT molecular complexity index is 965. The van der Waals surface area contributed by atoms with Gasteiger partial charge in [0.1, 0.15) is 0 Å². The van der Waals surface area contributed by atoms with E-state index in [-0.39, 0.29) is 11.3 Å². The van der Waals surface area contributed by atoms with Gasteiger partial charge in [-0.25, -0.2) is 4.98 Å². The summed E-state index contributed by atoms with van der Waals surface area (Å²) >= 11 is 0. The summed E-state index contributed by atoms with van der Waals surface area (Å²) in [4.78, 5) is 19.5. The van der Waals surface area contributed by atoms with E-state index in [2.05, 4.69) is 46.4 Å². The van der Waals surface area contributed by atoms with E-state index in [0.29, 0.717) is 18.1 Å². The monoisotopic (exact) mass is 349 g/mol. The SMILES string of the molecule is Cc1cc(C)n2c(C(=O)N3CCCC(C)(c4ccccc4)C3)nnc2n1. The van der Waals surface area contributed by atoms with Crippen LogP contribution in [0.4, 0.5) is 0 Å². The van der Waals surface area contributed by atoms with Gasteiger partial charge in [-0.2, -0.15) is 0 Å². The second kappa shape index (κ2) is 6.20. The van der Waals surface area contributed by atoms with Gasteiger partial charge in [-0.3, -0.25) is 9.20 Å². The number of nitrogens with zero attached hydrogens (tertiary/aromatic N) is 5. The van der Waals surface area contributed by atoms with Crippen molar-refractivity contribution in [2.75, 3.05) is 13.1 Å². The minimum absolute atomic E-state index is 0.0421. The first-order valence-electron chi connectivity index (χ1n) is 9.02. The third-order valence-electron chi connectivity index (χ3n) is 5.34. The van der Waals surface area contributed by atoms with Crippen LogP contribution in [0.5, 0.6) is 0 Å². The first-order chi connectivity index (χ1) is 12.5. The number of carbonyl (C=O) groups excluding carboxylic acids is 1. The number of benzene rings is 1. The summed E-state index contributed by atoms with van der Waals surface area (Å²) in [6, 6.07) is 12.4. The fourth-order valence-electron chi connectivity index (χ4n) is 4.00. The summed E-state index contributed by atoms with van der Waals surface area (Å²) in [5.74, 6) is 0.754. The number of fused-ring (bicyclic) bond motifs is 1. The number of likely N-dealkylation sites (tertiary alicyclic amines) is 1. The maximum absolute atomic E-state index is 13.2. The summed E-state index contributed by atoms with van der Waals surface area (Å²) in [7, 11) is 0. The zero-order chi connectivity index (χ0) is 18.3. The molecule has 0 spiro atoms. The molecule has 1 unspecified atom stereocenters. The van der Waals surface area contributed by atoms with Crippen LogP contribution in [0.3, 0.4) is 0 Å². The van der Waals surface area contributed by atoms with Crippen molar-refractivity contribution in [2.45, 2.75) is 39.0 Å². The van der Waals surface area contributed by atoms with Gasteiger partial charge in [0.25, 0.3) is 11.7 Å². The van der Waals surface area contributed by atoms with Crippen LogP contribution in [0.1, 0.15) is 47.3 Å². The maximum atomic E-state index is 13.2. The molecule has 1 aromatic carbocycles. The van der Waals surface area contributed by atoms with Gasteiger partial charge in [-0.1, -0.05) is 37.3 Å². The number of rotatable bonds is 2. The molecule has 6 heteroatoms. The molecule has 134 valence electrons. The molecular formula is C20H23N5O. The fourth-order valence-corrected chi connectivity index (χ4v) is 4.00. The van der Waals surface area contributed by atoms with E-state index < -0.39 is 0 Å². The van der Waals surface area contributed by atoms with Crippen molar-refractivity contribution in [1.29, 1.82) is 0 Å². The molecule has 0 radical (unpaired) electrons. The Labute approximate surface area is 152 Å². The lowest BCUT2D eigenvalue weighted by atomic mass is 9.76. The molecule has 1 aliphatic heterocycles. The van der Waals surface area contributed by atoms with Gasteiger partial charge >= 0.3 is 0 Å². The molecule has 1 amide bonds. The molecule has 4 rings (SSSR count). The molecule has 2 aromatic heterocycles. The van der Waals surface area contributed by atoms with Crippen molar-refractivity contribution in [1.82, 2.24) is 24.5 Å². The Morgan fingerprint density at radius 1 is 1.15 bits per heavy atom. The Hall–Kier alpha value is -2.76. The number of aryl methyl sites for hydroxylation is 2. The normalized spacial score (nSPS) is 20.5. The average Bonchev–Trinajstić information content (AvgIpc) is 3.06. The Balaban J connectivity index is 1.67. The zero-order valence-electron chi connectivity index (χ0n) is 15.4. The lowest BCUT2D eigenvalue weighted by Crippen LogP contribution is -2.47. The van der Waals surface area contributed by atoms with E-state index in [1.807, 2.05) is 30.9 Å². The first kappa shape index (κ1) is 16.7. The highest BCUT2D eigenvalue weighted by Crippen LogP contribution is 2.34. The number of piperidine rings is 1. The summed E-state index contributed by atoms with van der Waals surface area (Å²) in [5, 5.41) is 8.26. The molecule has 6 nitrogen and oxygen atoms in total. The molecule has 1 atom stereocenters. The summed E-state index contributed by atoms with van der Waals surface area (Å²) < 4.78 is 1.75. The van der Waals surface area contributed by atoms with E-state index in [9.17, 15) is 4.79 Å². The van der Waals surface area contributed by atoms with E-state index in [1.165, 1.54) is 5.56 Å². The summed E-state index contributed by atoms with van der Waals surface area (Å²) in [5.41, 5.74) is 3.02. The van der Waals surface area contributed by atoms with Gasteiger partial charge in [-0.05, 0) is 38.3 Å².